The highest BCUT2D eigenvalue weighted by atomic mass is 35.5. The van der Waals surface area contributed by atoms with Crippen LogP contribution in [0.25, 0.3) is 0 Å². The van der Waals surface area contributed by atoms with Crippen molar-refractivity contribution in [2.45, 2.75) is 71.3 Å². The van der Waals surface area contributed by atoms with E-state index in [1.807, 2.05) is 6.92 Å². The molecule has 1 aromatic rings. The van der Waals surface area contributed by atoms with Gasteiger partial charge in [-0.15, -0.1) is 0 Å². The van der Waals surface area contributed by atoms with Gasteiger partial charge >= 0.3 is 0 Å². The summed E-state index contributed by atoms with van der Waals surface area (Å²) in [5, 5.41) is 4.09. The van der Waals surface area contributed by atoms with Crippen LogP contribution in [-0.4, -0.2) is 16.0 Å². The van der Waals surface area contributed by atoms with E-state index in [1.54, 1.807) is 0 Å². The predicted molar refractivity (Wildman–Crippen MR) is 81.0 cm³/mol. The molecule has 0 aromatic carbocycles. The second-order valence-corrected chi connectivity index (χ2v) is 6.02. The van der Waals surface area contributed by atoms with Crippen LogP contribution in [-0.2, 0) is 0 Å². The SMILES string of the molecule is CCCCCC(C)Nc1nc(C2CC2)nc(Cl)c1C. The molecule has 1 saturated carbocycles. The Morgan fingerprint density at radius 3 is 2.68 bits per heavy atom. The van der Waals surface area contributed by atoms with E-state index in [9.17, 15) is 0 Å². The predicted octanol–water partition coefficient (Wildman–Crippen LogP) is 4.70. The average Bonchev–Trinajstić information content (AvgIpc) is 3.19. The molecule has 0 saturated heterocycles. The van der Waals surface area contributed by atoms with Gasteiger partial charge in [-0.2, -0.15) is 0 Å². The Morgan fingerprint density at radius 1 is 1.32 bits per heavy atom. The summed E-state index contributed by atoms with van der Waals surface area (Å²) in [6.07, 6.45) is 7.39. The first-order valence-corrected chi connectivity index (χ1v) is 7.80. The lowest BCUT2D eigenvalue weighted by molar-refractivity contribution is 0.613. The highest BCUT2D eigenvalue weighted by Gasteiger charge is 2.28. The maximum Gasteiger partial charge on any atom is 0.137 e. The second kappa shape index (κ2) is 6.56. The van der Waals surface area contributed by atoms with E-state index in [0.717, 1.165) is 17.2 Å². The molecule has 1 aliphatic rings. The van der Waals surface area contributed by atoms with E-state index >= 15 is 0 Å². The summed E-state index contributed by atoms with van der Waals surface area (Å²) in [4.78, 5) is 9.05. The van der Waals surface area contributed by atoms with Crippen LogP contribution in [0.3, 0.4) is 0 Å². The van der Waals surface area contributed by atoms with Gasteiger partial charge in [0.05, 0.1) is 0 Å². The minimum absolute atomic E-state index is 0.434. The number of halogens is 1. The Morgan fingerprint density at radius 2 is 2.05 bits per heavy atom. The van der Waals surface area contributed by atoms with Gasteiger partial charge in [-0.3, -0.25) is 0 Å². The van der Waals surface area contributed by atoms with E-state index in [4.69, 9.17) is 11.6 Å². The van der Waals surface area contributed by atoms with Crippen LogP contribution >= 0.6 is 11.6 Å². The molecule has 0 bridgehead atoms. The molecule has 1 fully saturated rings. The number of rotatable bonds is 7. The standard InChI is InChI=1S/C15H24ClN3/c1-4-5-6-7-10(2)17-14-11(3)13(16)18-15(19-14)12-8-9-12/h10,12H,4-9H2,1-3H3,(H,17,18,19). The summed E-state index contributed by atoms with van der Waals surface area (Å²) >= 11 is 6.21. The minimum atomic E-state index is 0.434. The molecule has 0 radical (unpaired) electrons. The first-order chi connectivity index (χ1) is 9.11. The third kappa shape index (κ3) is 4.07. The fourth-order valence-corrected chi connectivity index (χ4v) is 2.35. The number of anilines is 1. The monoisotopic (exact) mass is 281 g/mol. The Bertz CT molecular complexity index is 430. The van der Waals surface area contributed by atoms with Crippen molar-refractivity contribution in [1.29, 1.82) is 0 Å². The molecule has 1 aromatic heterocycles. The van der Waals surface area contributed by atoms with Crippen LogP contribution in [0.15, 0.2) is 0 Å². The van der Waals surface area contributed by atoms with Gasteiger partial charge in [0.15, 0.2) is 0 Å². The molecule has 19 heavy (non-hydrogen) atoms. The van der Waals surface area contributed by atoms with E-state index < -0.39 is 0 Å². The maximum absolute atomic E-state index is 6.21. The fourth-order valence-electron chi connectivity index (χ4n) is 2.18. The van der Waals surface area contributed by atoms with Crippen molar-refractivity contribution in [3.63, 3.8) is 0 Å². The molecule has 1 N–H and O–H groups in total. The summed E-state index contributed by atoms with van der Waals surface area (Å²) in [6, 6.07) is 0.434. The third-order valence-corrected chi connectivity index (χ3v) is 4.04. The topological polar surface area (TPSA) is 37.8 Å². The molecule has 0 spiro atoms. The molecule has 4 heteroatoms. The Labute approximate surface area is 121 Å². The summed E-state index contributed by atoms with van der Waals surface area (Å²) in [5.41, 5.74) is 0.966. The molecule has 0 aliphatic heterocycles. The third-order valence-electron chi connectivity index (χ3n) is 3.67. The smallest absolute Gasteiger partial charge is 0.137 e. The Kier molecular flexibility index (Phi) is 5.03. The zero-order valence-corrected chi connectivity index (χ0v) is 12.9. The molecule has 1 atom stereocenters. The fraction of sp³-hybridized carbons (Fsp3) is 0.733. The van der Waals surface area contributed by atoms with Gasteiger partial charge in [-0.1, -0.05) is 37.8 Å². The molecule has 1 unspecified atom stereocenters. The molecular weight excluding hydrogens is 258 g/mol. The number of unbranched alkanes of at least 4 members (excludes halogenated alkanes) is 2. The molecule has 1 heterocycles. The van der Waals surface area contributed by atoms with Crippen LogP contribution in [0.5, 0.6) is 0 Å². The highest BCUT2D eigenvalue weighted by Crippen LogP contribution is 2.39. The van der Waals surface area contributed by atoms with Crippen molar-refractivity contribution in [3.8, 4) is 0 Å². The lowest BCUT2D eigenvalue weighted by Gasteiger charge is -2.17. The van der Waals surface area contributed by atoms with Crippen LogP contribution in [0.4, 0.5) is 5.82 Å². The van der Waals surface area contributed by atoms with E-state index in [2.05, 4.69) is 29.1 Å². The maximum atomic E-state index is 6.21. The van der Waals surface area contributed by atoms with E-state index in [0.29, 0.717) is 17.1 Å². The molecular formula is C15H24ClN3. The normalized spacial score (nSPS) is 16.4. The van der Waals surface area contributed by atoms with Crippen molar-refractivity contribution in [2.75, 3.05) is 5.32 Å². The van der Waals surface area contributed by atoms with Crippen LogP contribution < -0.4 is 5.32 Å². The van der Waals surface area contributed by atoms with Crippen LogP contribution in [0.2, 0.25) is 5.15 Å². The molecule has 3 nitrogen and oxygen atoms in total. The zero-order chi connectivity index (χ0) is 13.8. The van der Waals surface area contributed by atoms with Crippen molar-refractivity contribution in [1.82, 2.24) is 9.97 Å². The van der Waals surface area contributed by atoms with Gasteiger partial charge in [-0.05, 0) is 33.1 Å². The lowest BCUT2D eigenvalue weighted by Crippen LogP contribution is -2.17. The lowest BCUT2D eigenvalue weighted by atomic mass is 10.1. The zero-order valence-electron chi connectivity index (χ0n) is 12.2. The number of nitrogens with one attached hydrogen (secondary N) is 1. The number of aromatic nitrogens is 2. The average molecular weight is 282 g/mol. The molecule has 0 amide bonds. The van der Waals surface area contributed by atoms with Gasteiger partial charge in [-0.25, -0.2) is 9.97 Å². The largest absolute Gasteiger partial charge is 0.367 e. The van der Waals surface area contributed by atoms with Gasteiger partial charge in [0.25, 0.3) is 0 Å². The Hall–Kier alpha value is -0.830. The van der Waals surface area contributed by atoms with Gasteiger partial charge in [0.2, 0.25) is 0 Å². The molecule has 1 aliphatic carbocycles. The quantitative estimate of drug-likeness (QED) is 0.582. The molecule has 106 valence electrons. The van der Waals surface area contributed by atoms with Crippen molar-refractivity contribution < 1.29 is 0 Å². The van der Waals surface area contributed by atoms with Crippen molar-refractivity contribution in [3.05, 3.63) is 16.5 Å². The number of nitrogens with zero attached hydrogens (tertiary/aromatic N) is 2. The van der Waals surface area contributed by atoms with Gasteiger partial charge < -0.3 is 5.32 Å². The van der Waals surface area contributed by atoms with Crippen LogP contribution in [0, 0.1) is 6.92 Å². The van der Waals surface area contributed by atoms with E-state index in [1.165, 1.54) is 38.5 Å². The first kappa shape index (κ1) is 14.6. The number of hydrogen-bond donors (Lipinski definition) is 1. The van der Waals surface area contributed by atoms with Gasteiger partial charge in [0, 0.05) is 17.5 Å². The minimum Gasteiger partial charge on any atom is -0.367 e. The van der Waals surface area contributed by atoms with Crippen LogP contribution in [0.1, 0.15) is 69.7 Å². The summed E-state index contributed by atoms with van der Waals surface area (Å²) in [6.45, 7) is 6.43. The van der Waals surface area contributed by atoms with Gasteiger partial charge in [0.1, 0.15) is 16.8 Å². The van der Waals surface area contributed by atoms with Crippen molar-refractivity contribution in [2.24, 2.45) is 0 Å². The van der Waals surface area contributed by atoms with E-state index in [-0.39, 0.29) is 0 Å². The molecule has 2 rings (SSSR count). The summed E-state index contributed by atoms with van der Waals surface area (Å²) < 4.78 is 0. The second-order valence-electron chi connectivity index (χ2n) is 5.66. The Balaban J connectivity index is 2.01. The summed E-state index contributed by atoms with van der Waals surface area (Å²) in [5.74, 6) is 2.37. The number of hydrogen-bond acceptors (Lipinski definition) is 3. The summed E-state index contributed by atoms with van der Waals surface area (Å²) in [7, 11) is 0. The first-order valence-electron chi connectivity index (χ1n) is 7.42. The highest BCUT2D eigenvalue weighted by molar-refractivity contribution is 6.30. The van der Waals surface area contributed by atoms with Crippen molar-refractivity contribution >= 4 is 17.4 Å².